The Morgan fingerprint density at radius 3 is 2.59 bits per heavy atom. The zero-order valence-corrected chi connectivity index (χ0v) is 11.7. The van der Waals surface area contributed by atoms with E-state index in [1.54, 1.807) is 30.3 Å². The van der Waals surface area contributed by atoms with Gasteiger partial charge in [0.2, 0.25) is 0 Å². The molecule has 0 amide bonds. The number of carbonyl (C=O) groups is 1. The third-order valence-corrected chi connectivity index (χ3v) is 3.02. The van der Waals surface area contributed by atoms with Crippen LogP contribution in [-0.4, -0.2) is 17.6 Å². The topological polar surface area (TPSA) is 74.4 Å². The Morgan fingerprint density at radius 1 is 1.05 bits per heavy atom. The number of anilines is 1. The number of benzene rings is 2. The van der Waals surface area contributed by atoms with Crippen LogP contribution in [0.25, 0.3) is 10.9 Å². The third-order valence-electron chi connectivity index (χ3n) is 3.02. The smallest absolute Gasteiger partial charge is 0.349 e. The molecule has 0 fully saturated rings. The van der Waals surface area contributed by atoms with Crippen LogP contribution in [0.3, 0.4) is 0 Å². The van der Waals surface area contributed by atoms with Gasteiger partial charge in [-0.05, 0) is 24.3 Å². The van der Waals surface area contributed by atoms with Crippen LogP contribution < -0.4 is 15.2 Å². The summed E-state index contributed by atoms with van der Waals surface area (Å²) >= 11 is 0. The van der Waals surface area contributed by atoms with Crippen molar-refractivity contribution in [3.05, 3.63) is 60.7 Å². The first kappa shape index (κ1) is 13.9. The van der Waals surface area contributed by atoms with Crippen LogP contribution in [0.4, 0.5) is 5.82 Å². The predicted molar refractivity (Wildman–Crippen MR) is 83.7 cm³/mol. The summed E-state index contributed by atoms with van der Waals surface area (Å²) in [6.45, 7) is -0.206. The second-order valence-electron chi connectivity index (χ2n) is 4.64. The SMILES string of the molecule is Nc1cc(OCC(=O)Oc2ccccc2)c2ccccc2n1. The Bertz CT molecular complexity index is 803. The highest BCUT2D eigenvalue weighted by molar-refractivity contribution is 5.87. The molecule has 3 rings (SSSR count). The fourth-order valence-electron chi connectivity index (χ4n) is 2.07. The number of esters is 1. The number of fused-ring (bicyclic) bond motifs is 1. The first-order valence-electron chi connectivity index (χ1n) is 6.76. The number of hydrogen-bond donors (Lipinski definition) is 1. The maximum atomic E-state index is 11.8. The van der Waals surface area contributed by atoms with Gasteiger partial charge >= 0.3 is 5.97 Å². The van der Waals surface area contributed by atoms with Gasteiger partial charge in [-0.3, -0.25) is 0 Å². The average Bonchev–Trinajstić information content (AvgIpc) is 2.53. The molecule has 0 saturated heterocycles. The lowest BCUT2D eigenvalue weighted by Crippen LogP contribution is -2.17. The van der Waals surface area contributed by atoms with E-state index in [4.69, 9.17) is 15.2 Å². The number of ether oxygens (including phenoxy) is 2. The highest BCUT2D eigenvalue weighted by Gasteiger charge is 2.09. The molecule has 0 aliphatic rings. The summed E-state index contributed by atoms with van der Waals surface area (Å²) in [5, 5.41) is 0.796. The van der Waals surface area contributed by atoms with Gasteiger partial charge < -0.3 is 15.2 Å². The van der Waals surface area contributed by atoms with Crippen LogP contribution in [0, 0.1) is 0 Å². The molecule has 5 heteroatoms. The highest BCUT2D eigenvalue weighted by atomic mass is 16.6. The van der Waals surface area contributed by atoms with Gasteiger partial charge in [0.15, 0.2) is 6.61 Å². The molecule has 0 atom stereocenters. The molecule has 0 unspecified atom stereocenters. The molecule has 0 aliphatic heterocycles. The summed E-state index contributed by atoms with van der Waals surface area (Å²) in [5.41, 5.74) is 6.46. The number of carbonyl (C=O) groups excluding carboxylic acids is 1. The van der Waals surface area contributed by atoms with E-state index in [0.29, 0.717) is 22.8 Å². The quantitative estimate of drug-likeness (QED) is 0.591. The molecule has 22 heavy (non-hydrogen) atoms. The summed E-state index contributed by atoms with van der Waals surface area (Å²) in [6.07, 6.45) is 0. The van der Waals surface area contributed by atoms with Gasteiger partial charge in [-0.25, -0.2) is 9.78 Å². The van der Waals surface area contributed by atoms with E-state index < -0.39 is 5.97 Å². The number of nitrogens with zero attached hydrogens (tertiary/aromatic N) is 1. The van der Waals surface area contributed by atoms with Crippen molar-refractivity contribution >= 4 is 22.7 Å². The fraction of sp³-hybridized carbons (Fsp3) is 0.0588. The maximum absolute atomic E-state index is 11.8. The van der Waals surface area contributed by atoms with Crippen LogP contribution in [0.1, 0.15) is 0 Å². The monoisotopic (exact) mass is 294 g/mol. The van der Waals surface area contributed by atoms with Gasteiger partial charge in [0.05, 0.1) is 5.52 Å². The number of para-hydroxylation sites is 2. The molecular formula is C17H14N2O3. The minimum Gasteiger partial charge on any atom is -0.481 e. The van der Waals surface area contributed by atoms with Crippen LogP contribution >= 0.6 is 0 Å². The van der Waals surface area contributed by atoms with Crippen molar-refractivity contribution < 1.29 is 14.3 Å². The molecule has 0 spiro atoms. The van der Waals surface area contributed by atoms with Gasteiger partial charge in [-0.2, -0.15) is 0 Å². The largest absolute Gasteiger partial charge is 0.481 e. The van der Waals surface area contributed by atoms with Crippen LogP contribution in [0.5, 0.6) is 11.5 Å². The standard InChI is InChI=1S/C17H14N2O3/c18-16-10-15(13-8-4-5-9-14(13)19-16)21-11-17(20)22-12-6-2-1-3-7-12/h1-10H,11H2,(H2,18,19). The Labute approximate surface area is 127 Å². The van der Waals surface area contributed by atoms with E-state index in [9.17, 15) is 4.79 Å². The van der Waals surface area contributed by atoms with Gasteiger partial charge in [0.25, 0.3) is 0 Å². The molecule has 3 aromatic rings. The summed E-state index contributed by atoms with van der Waals surface area (Å²) < 4.78 is 10.7. The molecule has 0 aliphatic carbocycles. The van der Waals surface area contributed by atoms with Crippen molar-refractivity contribution in [2.24, 2.45) is 0 Å². The number of pyridine rings is 1. The van der Waals surface area contributed by atoms with Crippen molar-refractivity contribution in [1.82, 2.24) is 4.98 Å². The van der Waals surface area contributed by atoms with Crippen molar-refractivity contribution in [3.63, 3.8) is 0 Å². The molecular weight excluding hydrogens is 280 g/mol. The molecule has 1 heterocycles. The molecule has 2 aromatic carbocycles. The molecule has 0 saturated carbocycles. The van der Waals surface area contributed by atoms with E-state index in [1.807, 2.05) is 30.3 Å². The van der Waals surface area contributed by atoms with Crippen LogP contribution in [-0.2, 0) is 4.79 Å². The number of hydrogen-bond acceptors (Lipinski definition) is 5. The maximum Gasteiger partial charge on any atom is 0.349 e. The van der Waals surface area contributed by atoms with E-state index in [0.717, 1.165) is 5.39 Å². The number of rotatable bonds is 4. The first-order valence-corrected chi connectivity index (χ1v) is 6.76. The van der Waals surface area contributed by atoms with Crippen molar-refractivity contribution in [3.8, 4) is 11.5 Å². The third kappa shape index (κ3) is 3.15. The normalized spacial score (nSPS) is 10.4. The Balaban J connectivity index is 1.72. The zero-order valence-electron chi connectivity index (χ0n) is 11.7. The van der Waals surface area contributed by atoms with Gasteiger partial charge in [-0.15, -0.1) is 0 Å². The molecule has 110 valence electrons. The van der Waals surface area contributed by atoms with Crippen molar-refractivity contribution in [2.45, 2.75) is 0 Å². The van der Waals surface area contributed by atoms with Gasteiger partial charge in [0, 0.05) is 11.5 Å². The number of nitrogens with two attached hydrogens (primary N) is 1. The highest BCUT2D eigenvalue weighted by Crippen LogP contribution is 2.26. The fourth-order valence-corrected chi connectivity index (χ4v) is 2.07. The second kappa shape index (κ2) is 6.13. The lowest BCUT2D eigenvalue weighted by Gasteiger charge is -2.09. The van der Waals surface area contributed by atoms with Crippen molar-refractivity contribution in [2.75, 3.05) is 12.3 Å². The van der Waals surface area contributed by atoms with E-state index in [-0.39, 0.29) is 6.61 Å². The van der Waals surface area contributed by atoms with Gasteiger partial charge in [0.1, 0.15) is 17.3 Å². The molecule has 2 N–H and O–H groups in total. The minimum absolute atomic E-state index is 0.206. The van der Waals surface area contributed by atoms with Crippen LogP contribution in [0.2, 0.25) is 0 Å². The zero-order chi connectivity index (χ0) is 15.4. The Hall–Kier alpha value is -3.08. The van der Waals surface area contributed by atoms with Crippen molar-refractivity contribution in [1.29, 1.82) is 0 Å². The van der Waals surface area contributed by atoms with Crippen LogP contribution in [0.15, 0.2) is 60.7 Å². The summed E-state index contributed by atoms with van der Waals surface area (Å²) in [7, 11) is 0. The number of nitrogen functional groups attached to an aromatic ring is 1. The van der Waals surface area contributed by atoms with E-state index in [1.165, 1.54) is 0 Å². The predicted octanol–water partition coefficient (Wildman–Crippen LogP) is 2.80. The summed E-state index contributed by atoms with van der Waals surface area (Å²) in [4.78, 5) is 16.0. The van der Waals surface area contributed by atoms with Gasteiger partial charge in [-0.1, -0.05) is 30.3 Å². The molecule has 5 nitrogen and oxygen atoms in total. The van der Waals surface area contributed by atoms with E-state index in [2.05, 4.69) is 4.98 Å². The molecule has 0 radical (unpaired) electrons. The Kier molecular flexibility index (Phi) is 3.87. The molecule has 1 aromatic heterocycles. The molecule has 0 bridgehead atoms. The van der Waals surface area contributed by atoms with E-state index >= 15 is 0 Å². The average molecular weight is 294 g/mol. The summed E-state index contributed by atoms with van der Waals surface area (Å²) in [6, 6.07) is 17.9. The second-order valence-corrected chi connectivity index (χ2v) is 4.64. The first-order chi connectivity index (χ1) is 10.7. The lowest BCUT2D eigenvalue weighted by molar-refractivity contribution is -0.136. The summed E-state index contributed by atoms with van der Waals surface area (Å²) in [5.74, 6) is 0.846. The minimum atomic E-state index is -0.481. The Morgan fingerprint density at radius 2 is 1.77 bits per heavy atom. The lowest BCUT2D eigenvalue weighted by atomic mass is 10.2. The number of aromatic nitrogens is 1.